The van der Waals surface area contributed by atoms with Crippen molar-refractivity contribution in [2.45, 2.75) is 0 Å². The quantitative estimate of drug-likeness (QED) is 0.594. The van der Waals surface area contributed by atoms with Gasteiger partial charge in [-0.2, -0.15) is 0 Å². The molecule has 1 aromatic heterocycles. The molecule has 0 N–H and O–H groups in total. The maximum Gasteiger partial charge on any atom is 0.353 e. The SMILES string of the molecule is COc1sc([N+](=O)[O-])c(Cl)c1[N+](=O)[O-]. The normalized spacial score (nSPS) is 9.86. The molecule has 0 saturated heterocycles. The van der Waals surface area contributed by atoms with Crippen LogP contribution in [0.4, 0.5) is 10.7 Å². The lowest BCUT2D eigenvalue weighted by atomic mass is 10.5. The Balaban J connectivity index is 3.40. The van der Waals surface area contributed by atoms with Gasteiger partial charge >= 0.3 is 10.7 Å². The molecule has 0 aliphatic heterocycles. The van der Waals surface area contributed by atoms with Gasteiger partial charge in [-0.05, 0) is 11.3 Å². The van der Waals surface area contributed by atoms with Crippen LogP contribution < -0.4 is 4.74 Å². The lowest BCUT2D eigenvalue weighted by Crippen LogP contribution is -1.90. The number of hydrogen-bond donors (Lipinski definition) is 0. The van der Waals surface area contributed by atoms with Crippen molar-refractivity contribution in [3.8, 4) is 5.06 Å². The molecule has 0 unspecified atom stereocenters. The highest BCUT2D eigenvalue weighted by molar-refractivity contribution is 7.18. The minimum absolute atomic E-state index is 0.174. The highest BCUT2D eigenvalue weighted by atomic mass is 35.5. The van der Waals surface area contributed by atoms with E-state index in [0.717, 1.165) is 0 Å². The second kappa shape index (κ2) is 3.76. The van der Waals surface area contributed by atoms with Gasteiger partial charge in [0.15, 0.2) is 0 Å². The number of hydrogen-bond acceptors (Lipinski definition) is 6. The summed E-state index contributed by atoms with van der Waals surface area (Å²) >= 11 is 5.97. The van der Waals surface area contributed by atoms with E-state index in [4.69, 9.17) is 11.6 Å². The largest absolute Gasteiger partial charge is 0.482 e. The van der Waals surface area contributed by atoms with Crippen LogP contribution in [0.3, 0.4) is 0 Å². The van der Waals surface area contributed by atoms with Crippen molar-refractivity contribution >= 4 is 33.6 Å². The summed E-state index contributed by atoms with van der Waals surface area (Å²) in [5.41, 5.74) is -0.564. The van der Waals surface area contributed by atoms with Crippen LogP contribution in [0.25, 0.3) is 0 Å². The molecule has 0 fully saturated rings. The molecule has 0 spiro atoms. The second-order valence-corrected chi connectivity index (χ2v) is 3.42. The molecule has 0 atom stereocenters. The Kier molecular flexibility index (Phi) is 2.87. The van der Waals surface area contributed by atoms with Crippen LogP contribution in [0, 0.1) is 20.2 Å². The zero-order chi connectivity index (χ0) is 10.9. The molecule has 1 rings (SSSR count). The first-order valence-electron chi connectivity index (χ1n) is 3.14. The molecule has 14 heavy (non-hydrogen) atoms. The smallest absolute Gasteiger partial charge is 0.353 e. The van der Waals surface area contributed by atoms with Crippen molar-refractivity contribution < 1.29 is 14.6 Å². The molecule has 0 amide bonds. The summed E-state index contributed by atoms with van der Waals surface area (Å²) in [5, 5.41) is 19.7. The molecule has 1 heterocycles. The van der Waals surface area contributed by atoms with Gasteiger partial charge in [-0.3, -0.25) is 20.2 Å². The number of nitro groups is 2. The predicted octanol–water partition coefficient (Wildman–Crippen LogP) is 2.23. The Hall–Kier alpha value is -1.41. The molecule has 0 aliphatic carbocycles. The van der Waals surface area contributed by atoms with Crippen molar-refractivity contribution in [2.24, 2.45) is 0 Å². The Morgan fingerprint density at radius 2 is 1.93 bits per heavy atom. The van der Waals surface area contributed by atoms with Gasteiger partial charge in [-0.1, -0.05) is 11.6 Å². The van der Waals surface area contributed by atoms with Gasteiger partial charge in [0.1, 0.15) is 0 Å². The number of rotatable bonds is 3. The topological polar surface area (TPSA) is 95.5 Å². The number of halogens is 1. The molecule has 7 nitrogen and oxygen atoms in total. The standard InChI is InChI=1S/C5H3ClN2O5S/c1-13-5-3(7(9)10)2(6)4(14-5)8(11)12/h1H3. The molecule has 76 valence electrons. The van der Waals surface area contributed by atoms with E-state index in [0.29, 0.717) is 11.3 Å². The Morgan fingerprint density at radius 3 is 2.21 bits per heavy atom. The van der Waals surface area contributed by atoms with E-state index < -0.39 is 25.6 Å². The van der Waals surface area contributed by atoms with Gasteiger partial charge < -0.3 is 4.74 Å². The molecule has 0 aromatic carbocycles. The van der Waals surface area contributed by atoms with Crippen molar-refractivity contribution in [3.63, 3.8) is 0 Å². The summed E-state index contributed by atoms with van der Waals surface area (Å²) in [4.78, 5) is 19.2. The molecule has 0 saturated carbocycles. The highest BCUT2D eigenvalue weighted by Crippen LogP contribution is 2.49. The van der Waals surface area contributed by atoms with Crippen LogP contribution in [0.2, 0.25) is 5.02 Å². The highest BCUT2D eigenvalue weighted by Gasteiger charge is 2.33. The number of methoxy groups -OCH3 is 1. The van der Waals surface area contributed by atoms with Crippen molar-refractivity contribution in [3.05, 3.63) is 25.3 Å². The summed E-state index contributed by atoms with van der Waals surface area (Å²) in [6.45, 7) is 0. The maximum absolute atomic E-state index is 10.5. The van der Waals surface area contributed by atoms with Gasteiger partial charge in [0.05, 0.1) is 17.0 Å². The minimum Gasteiger partial charge on any atom is -0.482 e. The first-order chi connectivity index (χ1) is 6.49. The first kappa shape index (κ1) is 10.7. The van der Waals surface area contributed by atoms with Gasteiger partial charge in [-0.15, -0.1) is 0 Å². The summed E-state index contributed by atoms with van der Waals surface area (Å²) in [6.07, 6.45) is 0. The second-order valence-electron chi connectivity index (χ2n) is 2.08. The summed E-state index contributed by atoms with van der Waals surface area (Å²) in [5.74, 6) is 0. The third kappa shape index (κ3) is 1.61. The summed E-state index contributed by atoms with van der Waals surface area (Å²) in [6, 6.07) is 0. The minimum atomic E-state index is -0.815. The Morgan fingerprint density at radius 1 is 1.36 bits per heavy atom. The van der Waals surface area contributed by atoms with Gasteiger partial charge in [0.25, 0.3) is 5.06 Å². The number of thiophene rings is 1. The first-order valence-corrected chi connectivity index (χ1v) is 4.33. The van der Waals surface area contributed by atoms with Crippen LogP contribution in [-0.2, 0) is 0 Å². The van der Waals surface area contributed by atoms with Crippen molar-refractivity contribution in [2.75, 3.05) is 7.11 Å². The van der Waals surface area contributed by atoms with Crippen LogP contribution in [-0.4, -0.2) is 17.0 Å². The van der Waals surface area contributed by atoms with Gasteiger partial charge in [-0.25, -0.2) is 0 Å². The van der Waals surface area contributed by atoms with Crippen LogP contribution in [0.15, 0.2) is 0 Å². The lowest BCUT2D eigenvalue weighted by molar-refractivity contribution is -0.390. The third-order valence-corrected chi connectivity index (χ3v) is 2.87. The third-order valence-electron chi connectivity index (χ3n) is 1.31. The lowest BCUT2D eigenvalue weighted by Gasteiger charge is -1.91. The number of ether oxygens (including phenoxy) is 1. The van der Waals surface area contributed by atoms with Crippen LogP contribution in [0.1, 0.15) is 0 Å². The molecular weight excluding hydrogens is 236 g/mol. The van der Waals surface area contributed by atoms with E-state index in [1.807, 2.05) is 0 Å². The van der Waals surface area contributed by atoms with E-state index in [1.54, 1.807) is 0 Å². The zero-order valence-electron chi connectivity index (χ0n) is 6.72. The molecule has 1 aromatic rings. The van der Waals surface area contributed by atoms with E-state index in [1.165, 1.54) is 7.11 Å². The van der Waals surface area contributed by atoms with Crippen LogP contribution >= 0.6 is 22.9 Å². The zero-order valence-corrected chi connectivity index (χ0v) is 8.29. The van der Waals surface area contributed by atoms with E-state index in [2.05, 4.69) is 4.74 Å². The molecule has 9 heteroatoms. The summed E-state index contributed by atoms with van der Waals surface area (Å²) < 4.78 is 4.61. The van der Waals surface area contributed by atoms with Gasteiger partial charge in [0, 0.05) is 0 Å². The Labute approximate surface area is 86.2 Å². The molecule has 0 bridgehead atoms. The summed E-state index contributed by atoms with van der Waals surface area (Å²) in [7, 11) is 1.18. The molecule has 0 radical (unpaired) electrons. The average molecular weight is 239 g/mol. The van der Waals surface area contributed by atoms with Crippen molar-refractivity contribution in [1.82, 2.24) is 0 Å². The molecular formula is C5H3ClN2O5S. The average Bonchev–Trinajstić information content (AvgIpc) is 2.42. The maximum atomic E-state index is 10.5. The van der Waals surface area contributed by atoms with Crippen LogP contribution in [0.5, 0.6) is 5.06 Å². The van der Waals surface area contributed by atoms with E-state index >= 15 is 0 Å². The van der Waals surface area contributed by atoms with E-state index in [-0.39, 0.29) is 5.06 Å². The van der Waals surface area contributed by atoms with Gasteiger partial charge in [0.2, 0.25) is 5.02 Å². The predicted molar refractivity (Wildman–Crippen MR) is 49.2 cm³/mol. The fourth-order valence-corrected chi connectivity index (χ4v) is 1.97. The number of nitrogens with zero attached hydrogens (tertiary/aromatic N) is 2. The van der Waals surface area contributed by atoms with Crippen molar-refractivity contribution in [1.29, 1.82) is 0 Å². The molecule has 0 aliphatic rings. The monoisotopic (exact) mass is 238 g/mol. The fraction of sp³-hybridized carbons (Fsp3) is 0.200. The fourth-order valence-electron chi connectivity index (χ4n) is 0.782. The van der Waals surface area contributed by atoms with E-state index in [9.17, 15) is 20.2 Å². The Bertz CT molecular complexity index is 403.